The van der Waals surface area contributed by atoms with Gasteiger partial charge in [0, 0.05) is 37.3 Å². The van der Waals surface area contributed by atoms with E-state index in [4.69, 9.17) is 5.73 Å². The molecule has 4 nitrogen and oxygen atoms in total. The lowest BCUT2D eigenvalue weighted by Gasteiger charge is -2.05. The van der Waals surface area contributed by atoms with Crippen LogP contribution in [0.2, 0.25) is 0 Å². The lowest BCUT2D eigenvalue weighted by atomic mass is 10.3. The van der Waals surface area contributed by atoms with Crippen molar-refractivity contribution in [2.75, 3.05) is 11.5 Å². The summed E-state index contributed by atoms with van der Waals surface area (Å²) in [5.41, 5.74) is 5.78. The van der Waals surface area contributed by atoms with Gasteiger partial charge in [-0.2, -0.15) is 0 Å². The van der Waals surface area contributed by atoms with Crippen molar-refractivity contribution in [3.05, 3.63) is 42.2 Å². The van der Waals surface area contributed by atoms with E-state index in [1.165, 1.54) is 12.1 Å². The number of anilines is 1. The van der Waals surface area contributed by atoms with Crippen LogP contribution in [0.15, 0.2) is 35.5 Å². The Morgan fingerprint density at radius 3 is 2.89 bits per heavy atom. The summed E-state index contributed by atoms with van der Waals surface area (Å²) >= 11 is 0. The van der Waals surface area contributed by atoms with E-state index in [9.17, 15) is 8.60 Å². The molecule has 0 radical (unpaired) electrons. The molecule has 0 fully saturated rings. The SMILES string of the molecule is Cn1ccnc1CCS(=O)c1ccc(N)cc1F. The van der Waals surface area contributed by atoms with Gasteiger partial charge in [-0.05, 0) is 18.2 Å². The van der Waals surface area contributed by atoms with Crippen molar-refractivity contribution in [2.24, 2.45) is 7.05 Å². The van der Waals surface area contributed by atoms with Gasteiger partial charge in [-0.25, -0.2) is 9.37 Å². The number of aryl methyl sites for hydroxylation is 2. The first-order valence-corrected chi connectivity index (χ1v) is 6.79. The van der Waals surface area contributed by atoms with E-state index < -0.39 is 16.6 Å². The van der Waals surface area contributed by atoms with Gasteiger partial charge in [0.2, 0.25) is 0 Å². The number of aromatic nitrogens is 2. The minimum atomic E-state index is -1.38. The summed E-state index contributed by atoms with van der Waals surface area (Å²) in [4.78, 5) is 4.33. The quantitative estimate of drug-likeness (QED) is 0.854. The Hall–Kier alpha value is -1.69. The Morgan fingerprint density at radius 1 is 1.50 bits per heavy atom. The molecule has 0 aliphatic rings. The zero-order valence-corrected chi connectivity index (χ0v) is 10.8. The van der Waals surface area contributed by atoms with Gasteiger partial charge in [0.15, 0.2) is 0 Å². The van der Waals surface area contributed by atoms with Crippen LogP contribution in [0.4, 0.5) is 10.1 Å². The second-order valence-corrected chi connectivity index (χ2v) is 5.48. The summed E-state index contributed by atoms with van der Waals surface area (Å²) in [6.45, 7) is 0. The first-order valence-electron chi connectivity index (χ1n) is 5.47. The molecular formula is C12H14FN3OS. The normalized spacial score (nSPS) is 12.6. The monoisotopic (exact) mass is 267 g/mol. The summed E-state index contributed by atoms with van der Waals surface area (Å²) in [6.07, 6.45) is 4.05. The lowest BCUT2D eigenvalue weighted by Crippen LogP contribution is -2.07. The van der Waals surface area contributed by atoms with Gasteiger partial charge >= 0.3 is 0 Å². The van der Waals surface area contributed by atoms with Gasteiger partial charge in [0.1, 0.15) is 11.6 Å². The van der Waals surface area contributed by atoms with E-state index >= 15 is 0 Å². The molecule has 2 N–H and O–H groups in total. The molecule has 0 aliphatic heterocycles. The Morgan fingerprint density at radius 2 is 2.28 bits per heavy atom. The van der Waals surface area contributed by atoms with E-state index in [0.717, 1.165) is 5.82 Å². The molecule has 0 spiro atoms. The van der Waals surface area contributed by atoms with Crippen LogP contribution in [-0.2, 0) is 24.3 Å². The van der Waals surface area contributed by atoms with Crippen molar-refractivity contribution < 1.29 is 8.60 Å². The molecule has 1 unspecified atom stereocenters. The van der Waals surface area contributed by atoms with E-state index in [1.807, 2.05) is 17.8 Å². The summed E-state index contributed by atoms with van der Waals surface area (Å²) in [5, 5.41) is 0. The zero-order valence-electron chi connectivity index (χ0n) is 9.97. The van der Waals surface area contributed by atoms with Crippen molar-refractivity contribution in [2.45, 2.75) is 11.3 Å². The highest BCUT2D eigenvalue weighted by molar-refractivity contribution is 7.85. The summed E-state index contributed by atoms with van der Waals surface area (Å²) in [5.74, 6) is 0.651. The second-order valence-electron chi connectivity index (χ2n) is 3.94. The van der Waals surface area contributed by atoms with Crippen molar-refractivity contribution in [1.29, 1.82) is 0 Å². The van der Waals surface area contributed by atoms with Gasteiger partial charge in [0.05, 0.1) is 15.7 Å². The zero-order chi connectivity index (χ0) is 13.1. The van der Waals surface area contributed by atoms with Crippen LogP contribution in [0.3, 0.4) is 0 Å². The average Bonchev–Trinajstić information content (AvgIpc) is 2.72. The van der Waals surface area contributed by atoms with Crippen molar-refractivity contribution in [3.8, 4) is 0 Å². The van der Waals surface area contributed by atoms with Crippen LogP contribution < -0.4 is 5.73 Å². The molecule has 0 saturated heterocycles. The third-order valence-corrected chi connectivity index (χ3v) is 4.03. The smallest absolute Gasteiger partial charge is 0.141 e. The highest BCUT2D eigenvalue weighted by atomic mass is 32.2. The number of halogens is 1. The Bertz CT molecular complexity index is 582. The predicted molar refractivity (Wildman–Crippen MR) is 69.0 cm³/mol. The molecule has 0 amide bonds. The molecule has 1 aromatic heterocycles. The van der Waals surface area contributed by atoms with E-state index in [-0.39, 0.29) is 4.90 Å². The number of hydrogen-bond donors (Lipinski definition) is 1. The number of hydrogen-bond acceptors (Lipinski definition) is 3. The molecule has 1 aromatic carbocycles. The van der Waals surface area contributed by atoms with Crippen molar-refractivity contribution >= 4 is 16.5 Å². The van der Waals surface area contributed by atoms with Gasteiger partial charge in [-0.15, -0.1) is 0 Å². The third kappa shape index (κ3) is 2.76. The van der Waals surface area contributed by atoms with E-state index in [2.05, 4.69) is 4.98 Å². The summed E-state index contributed by atoms with van der Waals surface area (Å²) < 4.78 is 27.4. The van der Waals surface area contributed by atoms with Crippen LogP contribution >= 0.6 is 0 Å². The van der Waals surface area contributed by atoms with Gasteiger partial charge in [-0.3, -0.25) is 4.21 Å². The highest BCUT2D eigenvalue weighted by Gasteiger charge is 2.11. The average molecular weight is 267 g/mol. The standard InChI is InChI=1S/C12H14FN3OS/c1-16-6-5-15-12(16)4-7-18(17)11-3-2-9(14)8-10(11)13/h2-3,5-6,8H,4,7,14H2,1H3. The topological polar surface area (TPSA) is 60.9 Å². The molecule has 96 valence electrons. The fourth-order valence-corrected chi connectivity index (χ4v) is 2.72. The minimum Gasteiger partial charge on any atom is -0.399 e. The maximum atomic E-state index is 13.6. The predicted octanol–water partition coefficient (Wildman–Crippen LogP) is 1.49. The fourth-order valence-electron chi connectivity index (χ4n) is 1.63. The van der Waals surface area contributed by atoms with Gasteiger partial charge in [-0.1, -0.05) is 0 Å². The maximum Gasteiger partial charge on any atom is 0.141 e. The number of nitrogens with zero attached hydrogens (tertiary/aromatic N) is 2. The number of nitrogen functional groups attached to an aromatic ring is 1. The number of imidazole rings is 1. The van der Waals surface area contributed by atoms with Crippen LogP contribution in [-0.4, -0.2) is 19.5 Å². The lowest BCUT2D eigenvalue weighted by molar-refractivity contribution is 0.595. The summed E-state index contributed by atoms with van der Waals surface area (Å²) in [6, 6.07) is 4.21. The van der Waals surface area contributed by atoms with Crippen LogP contribution in [0, 0.1) is 5.82 Å². The van der Waals surface area contributed by atoms with Crippen LogP contribution in [0.5, 0.6) is 0 Å². The Kier molecular flexibility index (Phi) is 3.76. The molecule has 0 aliphatic carbocycles. The fraction of sp³-hybridized carbons (Fsp3) is 0.250. The van der Waals surface area contributed by atoms with Crippen LogP contribution in [0.25, 0.3) is 0 Å². The Labute approximate surface area is 107 Å². The first kappa shape index (κ1) is 12.8. The van der Waals surface area contributed by atoms with E-state index in [0.29, 0.717) is 17.9 Å². The number of rotatable bonds is 4. The summed E-state index contributed by atoms with van der Waals surface area (Å²) in [7, 11) is 0.490. The molecule has 2 rings (SSSR count). The Balaban J connectivity index is 2.06. The maximum absolute atomic E-state index is 13.6. The largest absolute Gasteiger partial charge is 0.399 e. The minimum absolute atomic E-state index is 0.193. The molecule has 2 aromatic rings. The number of nitrogens with two attached hydrogens (primary N) is 1. The molecule has 6 heteroatoms. The molecule has 0 saturated carbocycles. The van der Waals surface area contributed by atoms with Gasteiger partial charge in [0.25, 0.3) is 0 Å². The van der Waals surface area contributed by atoms with E-state index in [1.54, 1.807) is 12.3 Å². The highest BCUT2D eigenvalue weighted by Crippen LogP contribution is 2.16. The molecule has 1 heterocycles. The third-order valence-electron chi connectivity index (χ3n) is 2.63. The van der Waals surface area contributed by atoms with Gasteiger partial charge < -0.3 is 10.3 Å². The first-order chi connectivity index (χ1) is 8.58. The molecule has 1 atom stereocenters. The molecule has 0 bridgehead atoms. The molecule has 18 heavy (non-hydrogen) atoms. The van der Waals surface area contributed by atoms with Crippen LogP contribution in [0.1, 0.15) is 5.82 Å². The second kappa shape index (κ2) is 5.30. The van der Waals surface area contributed by atoms with Crippen molar-refractivity contribution in [1.82, 2.24) is 9.55 Å². The number of benzene rings is 1. The van der Waals surface area contributed by atoms with Crippen molar-refractivity contribution in [3.63, 3.8) is 0 Å². The molecular weight excluding hydrogens is 253 g/mol.